The topological polar surface area (TPSA) is 77.2 Å². The maximum Gasteiger partial charge on any atom is 0.244 e. The molecule has 1 aromatic carbocycles. The Bertz CT molecular complexity index is 636. The number of nitrogen functional groups attached to an aromatic ring is 1. The lowest BCUT2D eigenvalue weighted by atomic mass is 10.2. The van der Waals surface area contributed by atoms with Crippen LogP contribution in [0.3, 0.4) is 0 Å². The lowest BCUT2D eigenvalue weighted by Gasteiger charge is -2.03. The van der Waals surface area contributed by atoms with E-state index in [1.165, 1.54) is 6.08 Å². The fourth-order valence-corrected chi connectivity index (χ4v) is 1.72. The number of nitrogens with one attached hydrogen (secondary N) is 1. The Morgan fingerprint density at radius 3 is 2.90 bits per heavy atom. The van der Waals surface area contributed by atoms with E-state index < -0.39 is 0 Å². The van der Waals surface area contributed by atoms with Crippen LogP contribution in [0.15, 0.2) is 48.7 Å². The number of aromatic nitrogens is 1. The molecule has 2 aromatic rings. The summed E-state index contributed by atoms with van der Waals surface area (Å²) in [5.41, 5.74) is 8.13. The number of carbonyl (C=O) groups is 1. The first-order chi connectivity index (χ1) is 10.2. The van der Waals surface area contributed by atoms with Gasteiger partial charge in [0.05, 0.1) is 7.11 Å². The Balaban J connectivity index is 1.86. The molecule has 1 aromatic heterocycles. The van der Waals surface area contributed by atoms with E-state index in [1.807, 2.05) is 18.2 Å². The van der Waals surface area contributed by atoms with Gasteiger partial charge in [-0.3, -0.25) is 4.79 Å². The van der Waals surface area contributed by atoms with E-state index in [2.05, 4.69) is 10.3 Å². The maximum absolute atomic E-state index is 11.7. The van der Waals surface area contributed by atoms with Gasteiger partial charge in [0, 0.05) is 30.6 Å². The minimum absolute atomic E-state index is 0.173. The fraction of sp³-hybridized carbons (Fsp3) is 0.125. The third-order valence-corrected chi connectivity index (χ3v) is 2.81. The Hall–Kier alpha value is -2.82. The van der Waals surface area contributed by atoms with Crippen molar-refractivity contribution in [2.24, 2.45) is 0 Å². The normalized spacial score (nSPS) is 10.5. The van der Waals surface area contributed by atoms with Gasteiger partial charge in [0.25, 0.3) is 0 Å². The lowest BCUT2D eigenvalue weighted by Crippen LogP contribution is -2.20. The number of pyridine rings is 1. The highest BCUT2D eigenvalue weighted by Crippen LogP contribution is 2.08. The first-order valence-electron chi connectivity index (χ1n) is 6.48. The Kier molecular flexibility index (Phi) is 4.93. The number of benzene rings is 1. The fourth-order valence-electron chi connectivity index (χ4n) is 1.72. The van der Waals surface area contributed by atoms with Gasteiger partial charge in [-0.15, -0.1) is 0 Å². The highest BCUT2D eigenvalue weighted by Gasteiger charge is 1.98. The monoisotopic (exact) mass is 283 g/mol. The summed E-state index contributed by atoms with van der Waals surface area (Å²) in [6.45, 7) is 0.414. The van der Waals surface area contributed by atoms with E-state index in [1.54, 1.807) is 37.6 Å². The van der Waals surface area contributed by atoms with E-state index in [0.717, 1.165) is 11.1 Å². The van der Waals surface area contributed by atoms with Crippen LogP contribution in [0.25, 0.3) is 6.08 Å². The number of ether oxygens (including phenoxy) is 1. The number of hydrogen-bond acceptors (Lipinski definition) is 4. The number of rotatable bonds is 5. The molecule has 0 aliphatic heterocycles. The Morgan fingerprint density at radius 1 is 1.38 bits per heavy atom. The smallest absolute Gasteiger partial charge is 0.244 e. The molecule has 0 spiro atoms. The van der Waals surface area contributed by atoms with Crippen molar-refractivity contribution in [3.63, 3.8) is 0 Å². The summed E-state index contributed by atoms with van der Waals surface area (Å²) < 4.78 is 4.97. The van der Waals surface area contributed by atoms with E-state index >= 15 is 0 Å². The second-order valence-corrected chi connectivity index (χ2v) is 4.43. The van der Waals surface area contributed by atoms with Crippen molar-refractivity contribution in [3.05, 3.63) is 59.8 Å². The number of nitrogens with two attached hydrogens (primary N) is 1. The highest BCUT2D eigenvalue weighted by molar-refractivity contribution is 5.91. The average Bonchev–Trinajstić information content (AvgIpc) is 2.51. The van der Waals surface area contributed by atoms with Crippen LogP contribution < -0.4 is 15.8 Å². The zero-order valence-corrected chi connectivity index (χ0v) is 11.7. The van der Waals surface area contributed by atoms with Crippen LogP contribution in [0.2, 0.25) is 0 Å². The molecule has 1 amide bonds. The van der Waals surface area contributed by atoms with Crippen molar-refractivity contribution < 1.29 is 9.53 Å². The summed E-state index contributed by atoms with van der Waals surface area (Å²) in [6, 6.07) is 10.9. The van der Waals surface area contributed by atoms with Crippen molar-refractivity contribution in [1.29, 1.82) is 0 Å². The molecular weight excluding hydrogens is 266 g/mol. The molecule has 3 N–H and O–H groups in total. The van der Waals surface area contributed by atoms with Crippen LogP contribution in [0.5, 0.6) is 5.88 Å². The van der Waals surface area contributed by atoms with Crippen molar-refractivity contribution in [2.75, 3.05) is 12.8 Å². The highest BCUT2D eigenvalue weighted by atomic mass is 16.5. The van der Waals surface area contributed by atoms with Crippen LogP contribution in [0.4, 0.5) is 5.69 Å². The van der Waals surface area contributed by atoms with Crippen molar-refractivity contribution >= 4 is 17.7 Å². The number of amides is 1. The molecule has 0 atom stereocenters. The standard InChI is InChI=1S/C16H17N3O2/c1-21-16-8-6-13(11-19-16)10-18-15(20)7-5-12-3-2-4-14(17)9-12/h2-9,11H,10,17H2,1H3,(H,18,20)/b7-5+. The molecule has 0 aliphatic rings. The molecular formula is C16H17N3O2. The van der Waals surface area contributed by atoms with Gasteiger partial charge in [-0.25, -0.2) is 4.98 Å². The molecule has 0 unspecified atom stereocenters. The second kappa shape index (κ2) is 7.09. The molecule has 21 heavy (non-hydrogen) atoms. The molecule has 5 nitrogen and oxygen atoms in total. The molecule has 1 heterocycles. The minimum Gasteiger partial charge on any atom is -0.481 e. The molecule has 108 valence electrons. The number of methoxy groups -OCH3 is 1. The number of nitrogens with zero attached hydrogens (tertiary/aromatic N) is 1. The van der Waals surface area contributed by atoms with Gasteiger partial charge >= 0.3 is 0 Å². The maximum atomic E-state index is 11.7. The number of carbonyl (C=O) groups excluding carboxylic acids is 1. The molecule has 0 radical (unpaired) electrons. The first-order valence-corrected chi connectivity index (χ1v) is 6.48. The zero-order chi connectivity index (χ0) is 15.1. The molecule has 0 bridgehead atoms. The van der Waals surface area contributed by atoms with Crippen LogP contribution in [0, 0.1) is 0 Å². The molecule has 5 heteroatoms. The SMILES string of the molecule is COc1ccc(CNC(=O)/C=C/c2cccc(N)c2)cn1. The minimum atomic E-state index is -0.173. The third-order valence-electron chi connectivity index (χ3n) is 2.81. The summed E-state index contributed by atoms with van der Waals surface area (Å²) in [6.07, 6.45) is 4.87. The van der Waals surface area contributed by atoms with Gasteiger partial charge < -0.3 is 15.8 Å². The quantitative estimate of drug-likeness (QED) is 0.650. The molecule has 2 rings (SSSR count). The van der Waals surface area contributed by atoms with E-state index in [0.29, 0.717) is 18.1 Å². The summed E-state index contributed by atoms with van der Waals surface area (Å²) in [5, 5.41) is 2.78. The number of hydrogen-bond donors (Lipinski definition) is 2. The van der Waals surface area contributed by atoms with E-state index in [4.69, 9.17) is 10.5 Å². The van der Waals surface area contributed by atoms with E-state index in [-0.39, 0.29) is 5.91 Å². The molecule has 0 aliphatic carbocycles. The first kappa shape index (κ1) is 14.6. The second-order valence-electron chi connectivity index (χ2n) is 4.43. The molecule has 0 fully saturated rings. The van der Waals surface area contributed by atoms with Crippen LogP contribution in [-0.2, 0) is 11.3 Å². The predicted octanol–water partition coefficient (Wildman–Crippen LogP) is 2.00. The van der Waals surface area contributed by atoms with Crippen LogP contribution in [0.1, 0.15) is 11.1 Å². The Labute approximate surface area is 123 Å². The van der Waals surface area contributed by atoms with Gasteiger partial charge in [0.1, 0.15) is 0 Å². The largest absolute Gasteiger partial charge is 0.481 e. The van der Waals surface area contributed by atoms with Gasteiger partial charge in [0.15, 0.2) is 0 Å². The summed E-state index contributed by atoms with van der Waals surface area (Å²) >= 11 is 0. The lowest BCUT2D eigenvalue weighted by molar-refractivity contribution is -0.116. The summed E-state index contributed by atoms with van der Waals surface area (Å²) in [4.78, 5) is 15.8. The average molecular weight is 283 g/mol. The molecule has 0 saturated carbocycles. The van der Waals surface area contributed by atoms with Crippen LogP contribution >= 0.6 is 0 Å². The summed E-state index contributed by atoms with van der Waals surface area (Å²) in [7, 11) is 1.56. The third kappa shape index (κ3) is 4.65. The van der Waals surface area contributed by atoms with Gasteiger partial charge in [-0.05, 0) is 29.3 Å². The number of anilines is 1. The predicted molar refractivity (Wildman–Crippen MR) is 82.5 cm³/mol. The van der Waals surface area contributed by atoms with Crippen LogP contribution in [-0.4, -0.2) is 18.0 Å². The van der Waals surface area contributed by atoms with Gasteiger partial charge in [0.2, 0.25) is 11.8 Å². The van der Waals surface area contributed by atoms with Crippen molar-refractivity contribution in [3.8, 4) is 5.88 Å². The summed E-state index contributed by atoms with van der Waals surface area (Å²) in [5.74, 6) is 0.375. The van der Waals surface area contributed by atoms with Gasteiger partial charge in [-0.1, -0.05) is 18.2 Å². The van der Waals surface area contributed by atoms with Crippen molar-refractivity contribution in [1.82, 2.24) is 10.3 Å². The van der Waals surface area contributed by atoms with Crippen molar-refractivity contribution in [2.45, 2.75) is 6.54 Å². The van der Waals surface area contributed by atoms with Gasteiger partial charge in [-0.2, -0.15) is 0 Å². The zero-order valence-electron chi connectivity index (χ0n) is 11.7. The Morgan fingerprint density at radius 2 is 2.24 bits per heavy atom. The molecule has 0 saturated heterocycles. The van der Waals surface area contributed by atoms with E-state index in [9.17, 15) is 4.79 Å².